The van der Waals surface area contributed by atoms with Gasteiger partial charge >= 0.3 is 5.97 Å². The monoisotopic (exact) mass is 286 g/mol. The zero-order valence-electron chi connectivity index (χ0n) is 11.9. The van der Waals surface area contributed by atoms with E-state index < -0.39 is 5.97 Å². The second-order valence-electron chi connectivity index (χ2n) is 4.82. The van der Waals surface area contributed by atoms with Crippen molar-refractivity contribution in [2.45, 2.75) is 19.9 Å². The molecule has 0 aliphatic heterocycles. The van der Waals surface area contributed by atoms with Crippen LogP contribution in [0, 0.1) is 6.92 Å². The van der Waals surface area contributed by atoms with Crippen LogP contribution in [-0.4, -0.2) is 27.7 Å². The Morgan fingerprint density at radius 2 is 1.90 bits per heavy atom. The van der Waals surface area contributed by atoms with Crippen molar-refractivity contribution in [3.05, 3.63) is 53.9 Å². The maximum absolute atomic E-state index is 10.8. The zero-order chi connectivity index (χ0) is 15.2. The summed E-state index contributed by atoms with van der Waals surface area (Å²) in [4.78, 5) is 17.0. The summed E-state index contributed by atoms with van der Waals surface area (Å²) < 4.78 is 0. The summed E-state index contributed by atoms with van der Waals surface area (Å²) in [5.41, 5.74) is 2.26. The van der Waals surface area contributed by atoms with E-state index in [2.05, 4.69) is 4.98 Å². The van der Waals surface area contributed by atoms with Crippen LogP contribution in [0.3, 0.4) is 0 Å². The molecule has 21 heavy (non-hydrogen) atoms. The molecule has 0 aliphatic rings. The number of hydrogen-bond donors (Lipinski definition) is 2. The van der Waals surface area contributed by atoms with E-state index in [1.54, 1.807) is 12.1 Å². The van der Waals surface area contributed by atoms with Gasteiger partial charge in [0.15, 0.2) is 0 Å². The lowest BCUT2D eigenvalue weighted by molar-refractivity contribution is -0.136. The number of rotatable bonds is 6. The van der Waals surface area contributed by atoms with Crippen LogP contribution in [-0.2, 0) is 11.3 Å². The van der Waals surface area contributed by atoms with Gasteiger partial charge in [-0.25, -0.2) is 0 Å². The number of benzene rings is 1. The number of hydrogen-bond acceptors (Lipinski definition) is 4. The number of carbonyl (C=O) groups is 1. The normalized spacial score (nSPS) is 10.3. The Hall–Kier alpha value is -2.56. The molecule has 2 N–H and O–H groups in total. The molecule has 0 atom stereocenters. The Bertz CT molecular complexity index is 614. The average Bonchev–Trinajstić information content (AvgIpc) is 2.47. The van der Waals surface area contributed by atoms with Crippen LogP contribution >= 0.6 is 0 Å². The summed E-state index contributed by atoms with van der Waals surface area (Å²) >= 11 is 0. The molecule has 1 aromatic carbocycles. The van der Waals surface area contributed by atoms with Crippen molar-refractivity contribution in [1.82, 2.24) is 4.98 Å². The first-order valence-electron chi connectivity index (χ1n) is 6.73. The molecule has 0 aliphatic carbocycles. The second-order valence-corrected chi connectivity index (χ2v) is 4.82. The van der Waals surface area contributed by atoms with E-state index in [0.717, 1.165) is 11.4 Å². The van der Waals surface area contributed by atoms with E-state index in [9.17, 15) is 9.90 Å². The Balaban J connectivity index is 2.23. The first-order valence-corrected chi connectivity index (χ1v) is 6.73. The highest BCUT2D eigenvalue weighted by atomic mass is 16.4. The minimum absolute atomic E-state index is 0.0292. The van der Waals surface area contributed by atoms with Gasteiger partial charge in [-0.2, -0.15) is 0 Å². The van der Waals surface area contributed by atoms with Gasteiger partial charge in [-0.15, -0.1) is 0 Å². The lowest BCUT2D eigenvalue weighted by atomic mass is 10.2. The number of carboxylic acids is 1. The van der Waals surface area contributed by atoms with Crippen LogP contribution in [0.5, 0.6) is 5.75 Å². The molecule has 5 nitrogen and oxygen atoms in total. The molecule has 5 heteroatoms. The molecule has 2 rings (SSSR count). The standard InChI is InChI=1S/C16H18N2O3/c1-12-7-8-15(19)14(17-12)11-18(10-9-16(20)21)13-5-3-2-4-6-13/h2-8,19H,9-11H2,1H3,(H,20,21). The average molecular weight is 286 g/mol. The summed E-state index contributed by atoms with van der Waals surface area (Å²) in [6.07, 6.45) is 0.0292. The fourth-order valence-electron chi connectivity index (χ4n) is 2.07. The van der Waals surface area contributed by atoms with Crippen molar-refractivity contribution in [1.29, 1.82) is 0 Å². The molecule has 2 aromatic rings. The Morgan fingerprint density at radius 1 is 1.19 bits per heavy atom. The van der Waals surface area contributed by atoms with Crippen LogP contribution in [0.4, 0.5) is 5.69 Å². The molecule has 0 radical (unpaired) electrons. The van der Waals surface area contributed by atoms with Gasteiger partial charge in [-0.1, -0.05) is 18.2 Å². The highest BCUT2D eigenvalue weighted by Gasteiger charge is 2.13. The van der Waals surface area contributed by atoms with Gasteiger partial charge < -0.3 is 15.1 Å². The summed E-state index contributed by atoms with van der Waals surface area (Å²) in [5, 5.41) is 18.8. The van der Waals surface area contributed by atoms with Crippen molar-refractivity contribution < 1.29 is 15.0 Å². The SMILES string of the molecule is Cc1ccc(O)c(CN(CCC(=O)O)c2ccccc2)n1. The quantitative estimate of drug-likeness (QED) is 0.853. The highest BCUT2D eigenvalue weighted by molar-refractivity contribution is 5.67. The molecular weight excluding hydrogens is 268 g/mol. The number of anilines is 1. The van der Waals surface area contributed by atoms with E-state index in [-0.39, 0.29) is 12.2 Å². The number of aromatic nitrogens is 1. The van der Waals surface area contributed by atoms with Gasteiger partial charge in [-0.3, -0.25) is 9.78 Å². The maximum Gasteiger partial charge on any atom is 0.305 e. The first-order chi connectivity index (χ1) is 10.1. The van der Waals surface area contributed by atoms with Crippen LogP contribution < -0.4 is 4.90 Å². The molecule has 0 fully saturated rings. The number of nitrogens with zero attached hydrogens (tertiary/aromatic N) is 2. The predicted molar refractivity (Wildman–Crippen MR) is 80.4 cm³/mol. The molecule has 0 amide bonds. The van der Waals surface area contributed by atoms with Gasteiger partial charge in [0.1, 0.15) is 11.4 Å². The summed E-state index contributed by atoms with van der Waals surface area (Å²) in [6, 6.07) is 12.9. The minimum atomic E-state index is -0.850. The van der Waals surface area contributed by atoms with Crippen molar-refractivity contribution in [2.24, 2.45) is 0 Å². The van der Waals surface area contributed by atoms with Crippen LogP contribution in [0.25, 0.3) is 0 Å². The predicted octanol–water partition coefficient (Wildman–Crippen LogP) is 2.58. The largest absolute Gasteiger partial charge is 0.506 e. The van der Waals surface area contributed by atoms with E-state index in [0.29, 0.717) is 18.8 Å². The van der Waals surface area contributed by atoms with Gasteiger partial charge in [0.05, 0.1) is 13.0 Å². The van der Waals surface area contributed by atoms with Gasteiger partial charge in [0.2, 0.25) is 0 Å². The van der Waals surface area contributed by atoms with Crippen molar-refractivity contribution in [2.75, 3.05) is 11.4 Å². The summed E-state index contributed by atoms with van der Waals surface area (Å²) in [6.45, 7) is 2.58. The van der Waals surface area contributed by atoms with E-state index in [1.807, 2.05) is 42.2 Å². The smallest absolute Gasteiger partial charge is 0.305 e. The Morgan fingerprint density at radius 3 is 2.57 bits per heavy atom. The third kappa shape index (κ3) is 4.21. The molecule has 0 unspecified atom stereocenters. The first kappa shape index (κ1) is 14.8. The van der Waals surface area contributed by atoms with Crippen molar-refractivity contribution >= 4 is 11.7 Å². The molecule has 0 bridgehead atoms. The third-order valence-corrected chi connectivity index (χ3v) is 3.15. The van der Waals surface area contributed by atoms with E-state index in [1.165, 1.54) is 0 Å². The molecule has 110 valence electrons. The van der Waals surface area contributed by atoms with Gasteiger partial charge in [-0.05, 0) is 31.2 Å². The maximum atomic E-state index is 10.8. The number of aromatic hydroxyl groups is 1. The molecule has 1 heterocycles. The number of aryl methyl sites for hydroxylation is 1. The topological polar surface area (TPSA) is 73.7 Å². The van der Waals surface area contributed by atoms with E-state index in [4.69, 9.17) is 5.11 Å². The molecule has 0 saturated carbocycles. The fraction of sp³-hybridized carbons (Fsp3) is 0.250. The zero-order valence-corrected chi connectivity index (χ0v) is 11.9. The van der Waals surface area contributed by atoms with Crippen LogP contribution in [0.1, 0.15) is 17.8 Å². The van der Waals surface area contributed by atoms with Crippen molar-refractivity contribution in [3.63, 3.8) is 0 Å². The molecular formula is C16H18N2O3. The van der Waals surface area contributed by atoms with E-state index >= 15 is 0 Å². The Labute approximate surface area is 123 Å². The Kier molecular flexibility index (Phi) is 4.77. The molecule has 1 aromatic heterocycles. The fourth-order valence-corrected chi connectivity index (χ4v) is 2.07. The number of aliphatic carboxylic acids is 1. The lowest BCUT2D eigenvalue weighted by Gasteiger charge is -2.24. The summed E-state index contributed by atoms with van der Waals surface area (Å²) in [5.74, 6) is -0.728. The number of carboxylic acid groups (broad SMARTS) is 1. The summed E-state index contributed by atoms with van der Waals surface area (Å²) in [7, 11) is 0. The number of para-hydroxylation sites is 1. The molecule has 0 spiro atoms. The van der Waals surface area contributed by atoms with Crippen LogP contribution in [0.2, 0.25) is 0 Å². The molecule has 0 saturated heterocycles. The van der Waals surface area contributed by atoms with Gasteiger partial charge in [0, 0.05) is 17.9 Å². The van der Waals surface area contributed by atoms with Crippen LogP contribution in [0.15, 0.2) is 42.5 Å². The second kappa shape index (κ2) is 6.74. The highest BCUT2D eigenvalue weighted by Crippen LogP contribution is 2.21. The van der Waals surface area contributed by atoms with Gasteiger partial charge in [0.25, 0.3) is 0 Å². The lowest BCUT2D eigenvalue weighted by Crippen LogP contribution is -2.26. The minimum Gasteiger partial charge on any atom is -0.506 e. The van der Waals surface area contributed by atoms with Crippen molar-refractivity contribution in [3.8, 4) is 5.75 Å². The third-order valence-electron chi connectivity index (χ3n) is 3.15. The number of pyridine rings is 1.